The number of methoxy groups -OCH3 is 3. The first kappa shape index (κ1) is 112. The van der Waals surface area contributed by atoms with Gasteiger partial charge in [-0.05, 0) is 222 Å². The normalized spacial score (nSPS) is 10.6. The summed E-state index contributed by atoms with van der Waals surface area (Å²) in [6.07, 6.45) is -5.08. The van der Waals surface area contributed by atoms with E-state index in [0.717, 1.165) is 78.4 Å². The highest BCUT2D eigenvalue weighted by molar-refractivity contribution is 9.09. The Hall–Kier alpha value is -16.8. The van der Waals surface area contributed by atoms with Crippen LogP contribution in [-0.4, -0.2) is 219 Å². The number of benzene rings is 11. The van der Waals surface area contributed by atoms with Crippen LogP contribution < -0.4 is 34.2 Å². The first-order chi connectivity index (χ1) is 70.5. The number of aromatic carboxylic acids is 2. The van der Waals surface area contributed by atoms with Crippen molar-refractivity contribution in [2.75, 3.05) is 92.7 Å². The van der Waals surface area contributed by atoms with Gasteiger partial charge in [-0.1, -0.05) is 211 Å². The molecule has 0 saturated carbocycles. The van der Waals surface area contributed by atoms with E-state index in [1.54, 1.807) is 136 Å². The van der Waals surface area contributed by atoms with E-state index in [1.165, 1.54) is 14.5 Å². The molecule has 0 saturated heterocycles. The number of carbonyl (C=O) groups excluding carboxylic acids is 4. The number of ether oxygens (including phenoxy) is 7. The molecule has 15 aromatic rings. The average molecular weight is 2160 g/mol. The van der Waals surface area contributed by atoms with Crippen molar-refractivity contribution >= 4 is 162 Å². The van der Waals surface area contributed by atoms with Gasteiger partial charge in [0.15, 0.2) is 23.3 Å². The molecular weight excluding hydrogens is 2060 g/mol. The zero-order valence-electron chi connectivity index (χ0n) is 79.2. The van der Waals surface area contributed by atoms with E-state index in [0.29, 0.717) is 73.0 Å². The number of carboxylic acids is 5. The fourth-order valence-electron chi connectivity index (χ4n) is 13.6. The Balaban J connectivity index is 0.000000193. The van der Waals surface area contributed by atoms with Gasteiger partial charge in [0.25, 0.3) is 0 Å². The van der Waals surface area contributed by atoms with Gasteiger partial charge in [-0.3, -0.25) is 19.2 Å². The minimum atomic E-state index is -5.08. The number of hydrogen-bond donors (Lipinski definition) is 7. The van der Waals surface area contributed by atoms with Crippen LogP contribution in [0.4, 0.5) is 59.2 Å². The fraction of sp³-hybridized carbons (Fsp3) is 0.186. The maximum Gasteiger partial charge on any atom is 0.490 e. The summed E-state index contributed by atoms with van der Waals surface area (Å²) in [5.74, 6) is -6.55. The van der Waals surface area contributed by atoms with Crippen molar-refractivity contribution < 1.29 is 115 Å². The topological polar surface area (TPSA) is 475 Å². The Morgan fingerprint density at radius 2 is 0.660 bits per heavy atom. The first-order valence-corrected chi connectivity index (χ1v) is 46.8. The number of aromatic nitrogens is 12. The van der Waals surface area contributed by atoms with Gasteiger partial charge in [0.05, 0.1) is 67.4 Å². The van der Waals surface area contributed by atoms with Gasteiger partial charge >= 0.3 is 59.9 Å². The van der Waals surface area contributed by atoms with Gasteiger partial charge in [0.1, 0.15) is 42.2 Å². The molecule has 0 aliphatic rings. The Kier molecular flexibility index (Phi) is 42.1. The lowest BCUT2D eigenvalue weighted by Gasteiger charge is -2.25. The van der Waals surface area contributed by atoms with Crippen molar-refractivity contribution in [1.29, 1.82) is 0 Å². The SMILES string of the molecule is CCOC(=O)CBr.CCOC(=O)CN(c1ccc(-c2ccc(Cl)cc2)cc1)c1c(C(=O)OCC)nnn1Cc1ccc(OC)cc1.CCOC(=O)c1nnn(Cc2ccc(OC)cc2)c1Nc1ccc(-c2ccc(Cl)cc2)cc1.COc1ccc(Cn2nnc(C(=O)O)c2N(CC(=O)O)c2ccc(-c3ccc(Cl)cc3)cc2)cc1.O=C(O)C(F)(F)F.O=C(O)CN(c1ccc(-c2ccc(Cl)cc2)cc1)c1n[nH]nc1C(=O)O. The summed E-state index contributed by atoms with van der Waals surface area (Å²) < 4.78 is 72.2. The lowest BCUT2D eigenvalue weighted by molar-refractivity contribution is -0.192. The van der Waals surface area contributed by atoms with Crippen LogP contribution in [0.3, 0.4) is 0 Å². The van der Waals surface area contributed by atoms with Crippen molar-refractivity contribution in [2.24, 2.45) is 0 Å². The summed E-state index contributed by atoms with van der Waals surface area (Å²) in [7, 11) is 4.78. The van der Waals surface area contributed by atoms with Crippen LogP contribution in [0.5, 0.6) is 17.2 Å². The summed E-state index contributed by atoms with van der Waals surface area (Å²) in [4.78, 5) is 108. The fourth-order valence-corrected chi connectivity index (χ4v) is 14.3. The molecule has 7 N–H and O–H groups in total. The Morgan fingerprint density at radius 3 is 0.986 bits per heavy atom. The summed E-state index contributed by atoms with van der Waals surface area (Å²) in [6.45, 7) is 7.84. The Bertz CT molecular complexity index is 6910. The largest absolute Gasteiger partial charge is 0.497 e. The third kappa shape index (κ3) is 32.9. The molecule has 0 aliphatic carbocycles. The molecule has 37 nitrogen and oxygen atoms in total. The second kappa shape index (κ2) is 55.2. The van der Waals surface area contributed by atoms with Crippen molar-refractivity contribution in [2.45, 2.75) is 53.5 Å². The molecule has 11 aromatic carbocycles. The lowest BCUT2D eigenvalue weighted by atomic mass is 10.1. The van der Waals surface area contributed by atoms with E-state index < -0.39 is 67.0 Å². The van der Waals surface area contributed by atoms with Gasteiger partial charge in [-0.15, -0.1) is 25.5 Å². The predicted octanol–water partition coefficient (Wildman–Crippen LogP) is 20.3. The molecule has 15 rings (SSSR count). The molecule has 147 heavy (non-hydrogen) atoms. The highest BCUT2D eigenvalue weighted by atomic mass is 79.9. The number of halogens is 8. The number of H-pyrrole nitrogens is 1. The third-order valence-electron chi connectivity index (χ3n) is 20.5. The maximum atomic E-state index is 12.9. The standard InChI is InChI=1S/C29H29ClN4O5.C25H21ClN4O5.C25H23ClN4O3.C17H13ClN4O4.C4H7BrO2.C2HF3O2/c1-4-38-26(35)19-33(24-14-10-22(11-15-24)21-8-12-23(30)13-9-21)28-27(29(36)39-5-2)31-32-34(28)18-20-6-16-25(37-3)17-7-20;1-35-21-12-2-16(3-13-21)14-30-24(23(25(33)34)27-28-30)29(15-22(31)32)20-10-6-18(7-11-20)17-4-8-19(26)9-5-17;1-3-33-25(31)23-24(30(29-28-23)16-17-4-14-22(32-2)15-5-17)27-21-12-8-19(9-13-21)18-6-10-20(26)11-7-18;18-12-5-1-10(2-6-12)11-3-7-13(8-4-11)22(9-14(23)24)16-15(17(25)26)19-21-20-16;1-2-7-4(6)3-5;3-2(4,5)1(6)7/h6-17H,4-5,18-19H2,1-3H3;2-13H,14-15H2,1H3,(H,31,32)(H,33,34);4-15,27H,3,16H2,1-2H3;1-8H,9H2,(H,23,24)(H,25,26)(H,19,20,21);2-3H2,1H3;(H,6,7). The van der Waals surface area contributed by atoms with E-state index in [2.05, 4.69) is 72.3 Å². The Morgan fingerprint density at radius 1 is 0.367 bits per heavy atom. The zero-order chi connectivity index (χ0) is 106. The maximum absolute atomic E-state index is 12.9. The molecule has 0 aliphatic heterocycles. The van der Waals surface area contributed by atoms with Gasteiger partial charge in [0.2, 0.25) is 22.8 Å². The smallest absolute Gasteiger partial charge is 0.490 e. The molecule has 764 valence electrons. The van der Waals surface area contributed by atoms with E-state index in [1.807, 2.05) is 194 Å². The monoisotopic (exact) mass is 2150 g/mol. The Labute approximate surface area is 866 Å². The second-order valence-electron chi connectivity index (χ2n) is 30.3. The summed E-state index contributed by atoms with van der Waals surface area (Å²) >= 11 is 26.8. The van der Waals surface area contributed by atoms with Crippen LogP contribution in [-0.2, 0) is 62.6 Å². The lowest BCUT2D eigenvalue weighted by Crippen LogP contribution is -2.30. The third-order valence-corrected chi connectivity index (χ3v) is 22.0. The molecule has 45 heteroatoms. The zero-order valence-corrected chi connectivity index (χ0v) is 83.8. The molecular formula is C102H94BrCl4F3N16O21. The summed E-state index contributed by atoms with van der Waals surface area (Å²) in [5, 5.41) is 85.1. The average Bonchev–Trinajstić information content (AvgIpc) is 1.67. The van der Waals surface area contributed by atoms with Crippen molar-refractivity contribution in [3.63, 3.8) is 0 Å². The number of nitrogens with zero attached hydrogens (tertiary/aromatic N) is 14. The number of nitrogens with one attached hydrogen (secondary N) is 2. The van der Waals surface area contributed by atoms with Crippen LogP contribution in [0.25, 0.3) is 44.5 Å². The highest BCUT2D eigenvalue weighted by Gasteiger charge is 2.39. The molecule has 4 aromatic heterocycles. The van der Waals surface area contributed by atoms with E-state index >= 15 is 0 Å². The number of hydrogen-bond acceptors (Lipinski definition) is 28. The summed E-state index contributed by atoms with van der Waals surface area (Å²) in [5.41, 5.74) is 12.2. The number of aromatic amines is 1. The number of aliphatic carboxylic acids is 3. The van der Waals surface area contributed by atoms with Gasteiger partial charge in [-0.2, -0.15) is 18.4 Å². The van der Waals surface area contributed by atoms with Crippen LogP contribution >= 0.6 is 62.3 Å². The summed E-state index contributed by atoms with van der Waals surface area (Å²) in [6, 6.07) is 81.6. The molecule has 0 atom stereocenters. The molecule has 0 bridgehead atoms. The molecule has 0 fully saturated rings. The number of alkyl halides is 4. The molecule has 4 heterocycles. The van der Waals surface area contributed by atoms with Crippen LogP contribution in [0.2, 0.25) is 20.1 Å². The van der Waals surface area contributed by atoms with E-state index in [4.69, 9.17) is 84.7 Å². The van der Waals surface area contributed by atoms with E-state index in [-0.39, 0.29) is 79.8 Å². The number of carboxylic acid groups (broad SMARTS) is 5. The molecule has 0 amide bonds. The van der Waals surface area contributed by atoms with Crippen LogP contribution in [0.1, 0.15) is 86.3 Å². The van der Waals surface area contributed by atoms with E-state index in [9.17, 15) is 72.0 Å². The van der Waals surface area contributed by atoms with Crippen molar-refractivity contribution in [3.05, 3.63) is 326 Å². The van der Waals surface area contributed by atoms with Crippen LogP contribution in [0.15, 0.2) is 267 Å². The molecule has 0 spiro atoms. The first-order valence-electron chi connectivity index (χ1n) is 44.1. The predicted molar refractivity (Wildman–Crippen MR) is 546 cm³/mol. The number of rotatable bonds is 36. The minimum absolute atomic E-state index is 0.00330. The molecule has 0 radical (unpaired) electrons. The highest BCUT2D eigenvalue weighted by Crippen LogP contribution is 2.37. The minimum Gasteiger partial charge on any atom is -0.497 e. The van der Waals surface area contributed by atoms with Gasteiger partial charge < -0.3 is 78.7 Å². The molecule has 0 unspecified atom stereocenters. The second-order valence-corrected chi connectivity index (χ2v) is 32.6. The van der Waals surface area contributed by atoms with Crippen molar-refractivity contribution in [1.82, 2.24) is 60.4 Å². The van der Waals surface area contributed by atoms with Gasteiger partial charge in [-0.25, -0.2) is 38.0 Å². The quantitative estimate of drug-likeness (QED) is 0.0109. The van der Waals surface area contributed by atoms with Crippen LogP contribution in [0, 0.1) is 0 Å². The van der Waals surface area contributed by atoms with Gasteiger partial charge in [0, 0.05) is 42.8 Å². The number of anilines is 8. The number of esters is 4. The van der Waals surface area contributed by atoms with Crippen molar-refractivity contribution in [3.8, 4) is 61.8 Å². The number of carbonyl (C=O) groups is 9.